The molecular formula is C11H21N3O2S2. The van der Waals surface area contributed by atoms with Crippen LogP contribution in [0.5, 0.6) is 0 Å². The molecule has 0 atom stereocenters. The summed E-state index contributed by atoms with van der Waals surface area (Å²) in [6.45, 7) is 8.95. The van der Waals surface area contributed by atoms with Crippen molar-refractivity contribution in [1.82, 2.24) is 14.6 Å². The molecule has 104 valence electrons. The minimum absolute atomic E-state index is 0.102. The summed E-state index contributed by atoms with van der Waals surface area (Å²) in [4.78, 5) is 6.71. The van der Waals surface area contributed by atoms with Crippen molar-refractivity contribution in [1.29, 1.82) is 0 Å². The molecule has 1 rings (SSSR count). The third kappa shape index (κ3) is 5.01. The van der Waals surface area contributed by atoms with E-state index in [0.717, 1.165) is 30.3 Å². The molecular weight excluding hydrogens is 270 g/mol. The predicted molar refractivity (Wildman–Crippen MR) is 75.0 cm³/mol. The summed E-state index contributed by atoms with van der Waals surface area (Å²) in [6.07, 6.45) is 0. The fraction of sp³-hybridized carbons (Fsp3) is 0.727. The van der Waals surface area contributed by atoms with Crippen LogP contribution in [0, 0.1) is 0 Å². The van der Waals surface area contributed by atoms with E-state index in [4.69, 9.17) is 0 Å². The lowest BCUT2D eigenvalue weighted by Gasteiger charge is -2.15. The fourth-order valence-electron chi connectivity index (χ4n) is 1.45. The molecule has 7 heteroatoms. The van der Waals surface area contributed by atoms with Crippen LogP contribution in [0.3, 0.4) is 0 Å². The van der Waals surface area contributed by atoms with Gasteiger partial charge in [-0.15, -0.1) is 11.3 Å². The lowest BCUT2D eigenvalue weighted by Crippen LogP contribution is -2.25. The van der Waals surface area contributed by atoms with Gasteiger partial charge >= 0.3 is 0 Å². The maximum absolute atomic E-state index is 11.3. The Bertz CT molecular complexity index is 453. The highest BCUT2D eigenvalue weighted by atomic mass is 32.2. The molecule has 5 nitrogen and oxygen atoms in total. The minimum atomic E-state index is -3.13. The molecule has 0 saturated carbocycles. The predicted octanol–water partition coefficient (Wildman–Crippen LogP) is 1.42. The van der Waals surface area contributed by atoms with E-state index >= 15 is 0 Å². The Morgan fingerprint density at radius 1 is 1.33 bits per heavy atom. The summed E-state index contributed by atoms with van der Waals surface area (Å²) in [5, 5.41) is 2.81. The SMILES string of the molecule is CCN(CC)Cc1csc(CNS(=O)(=O)CC)n1. The molecule has 0 bridgehead atoms. The summed E-state index contributed by atoms with van der Waals surface area (Å²) in [5.41, 5.74) is 1.01. The molecule has 0 aliphatic heterocycles. The number of rotatable bonds is 8. The van der Waals surface area contributed by atoms with Crippen LogP contribution in [0.1, 0.15) is 31.5 Å². The number of thiazole rings is 1. The molecule has 0 aliphatic carbocycles. The molecule has 0 aromatic carbocycles. The van der Waals surface area contributed by atoms with Gasteiger partial charge in [0, 0.05) is 11.9 Å². The van der Waals surface area contributed by atoms with Crippen molar-refractivity contribution < 1.29 is 8.42 Å². The summed E-state index contributed by atoms with van der Waals surface area (Å²) < 4.78 is 25.1. The number of nitrogens with one attached hydrogen (secondary N) is 1. The second-order valence-electron chi connectivity index (χ2n) is 3.92. The molecule has 0 unspecified atom stereocenters. The normalized spacial score (nSPS) is 12.2. The van der Waals surface area contributed by atoms with Crippen LogP contribution in [-0.2, 0) is 23.1 Å². The molecule has 0 spiro atoms. The van der Waals surface area contributed by atoms with E-state index in [1.165, 1.54) is 11.3 Å². The van der Waals surface area contributed by atoms with Gasteiger partial charge in [0.2, 0.25) is 10.0 Å². The lowest BCUT2D eigenvalue weighted by atomic mass is 10.4. The van der Waals surface area contributed by atoms with Crippen LogP contribution in [0.4, 0.5) is 0 Å². The van der Waals surface area contributed by atoms with E-state index in [0.29, 0.717) is 6.54 Å². The molecule has 0 amide bonds. The molecule has 1 heterocycles. The summed E-state index contributed by atoms with van der Waals surface area (Å²) in [7, 11) is -3.13. The van der Waals surface area contributed by atoms with Crippen LogP contribution in [-0.4, -0.2) is 37.1 Å². The first-order valence-corrected chi connectivity index (χ1v) is 8.66. The Balaban J connectivity index is 2.53. The number of nitrogens with zero attached hydrogens (tertiary/aromatic N) is 2. The van der Waals surface area contributed by atoms with E-state index < -0.39 is 10.0 Å². The number of sulfonamides is 1. The van der Waals surface area contributed by atoms with E-state index in [-0.39, 0.29) is 5.75 Å². The molecule has 0 aliphatic rings. The Labute approximate surface area is 113 Å². The molecule has 0 saturated heterocycles. The molecule has 1 aromatic rings. The van der Waals surface area contributed by atoms with Crippen molar-refractivity contribution in [2.75, 3.05) is 18.8 Å². The van der Waals surface area contributed by atoms with Crippen LogP contribution in [0.2, 0.25) is 0 Å². The van der Waals surface area contributed by atoms with Gasteiger partial charge in [-0.25, -0.2) is 18.1 Å². The first-order valence-electron chi connectivity index (χ1n) is 6.13. The smallest absolute Gasteiger partial charge is 0.211 e. The molecule has 18 heavy (non-hydrogen) atoms. The second kappa shape index (κ2) is 7.18. The average Bonchev–Trinajstić information content (AvgIpc) is 2.81. The topological polar surface area (TPSA) is 62.3 Å². The van der Waals surface area contributed by atoms with Gasteiger partial charge in [-0.2, -0.15) is 0 Å². The van der Waals surface area contributed by atoms with Gasteiger partial charge in [-0.3, -0.25) is 4.90 Å². The zero-order valence-electron chi connectivity index (χ0n) is 11.1. The van der Waals surface area contributed by atoms with Crippen molar-refractivity contribution in [3.63, 3.8) is 0 Å². The zero-order chi connectivity index (χ0) is 13.6. The summed E-state index contributed by atoms with van der Waals surface area (Å²) in [6, 6.07) is 0. The fourth-order valence-corrected chi connectivity index (χ4v) is 2.83. The van der Waals surface area contributed by atoms with Crippen LogP contribution in [0.25, 0.3) is 0 Å². The summed E-state index contributed by atoms with van der Waals surface area (Å²) in [5.74, 6) is 0.102. The van der Waals surface area contributed by atoms with E-state index in [1.54, 1.807) is 6.92 Å². The van der Waals surface area contributed by atoms with Crippen LogP contribution in [0.15, 0.2) is 5.38 Å². The Morgan fingerprint density at radius 2 is 2.00 bits per heavy atom. The highest BCUT2D eigenvalue weighted by Gasteiger charge is 2.09. The first kappa shape index (κ1) is 15.6. The second-order valence-corrected chi connectivity index (χ2v) is 6.96. The number of hydrogen-bond donors (Lipinski definition) is 1. The molecule has 0 fully saturated rings. The maximum Gasteiger partial charge on any atom is 0.211 e. The first-order chi connectivity index (χ1) is 8.50. The number of aromatic nitrogens is 1. The van der Waals surface area contributed by atoms with Gasteiger partial charge < -0.3 is 0 Å². The van der Waals surface area contributed by atoms with Crippen molar-refractivity contribution in [3.8, 4) is 0 Å². The van der Waals surface area contributed by atoms with Crippen molar-refractivity contribution in [2.24, 2.45) is 0 Å². The maximum atomic E-state index is 11.3. The van der Waals surface area contributed by atoms with Crippen LogP contribution < -0.4 is 4.72 Å². The van der Waals surface area contributed by atoms with Crippen LogP contribution >= 0.6 is 11.3 Å². The minimum Gasteiger partial charge on any atom is -0.298 e. The molecule has 0 radical (unpaired) electrons. The van der Waals surface area contributed by atoms with Crippen molar-refractivity contribution in [2.45, 2.75) is 33.9 Å². The lowest BCUT2D eigenvalue weighted by molar-refractivity contribution is 0.292. The van der Waals surface area contributed by atoms with E-state index in [1.807, 2.05) is 5.38 Å². The van der Waals surface area contributed by atoms with E-state index in [2.05, 4.69) is 28.5 Å². The van der Waals surface area contributed by atoms with Gasteiger partial charge in [-0.05, 0) is 20.0 Å². The monoisotopic (exact) mass is 291 g/mol. The molecule has 1 N–H and O–H groups in total. The Morgan fingerprint density at radius 3 is 2.56 bits per heavy atom. The van der Waals surface area contributed by atoms with Gasteiger partial charge in [0.05, 0.1) is 18.0 Å². The highest BCUT2D eigenvalue weighted by Crippen LogP contribution is 2.12. The van der Waals surface area contributed by atoms with Crippen molar-refractivity contribution in [3.05, 3.63) is 16.1 Å². The third-order valence-electron chi connectivity index (χ3n) is 2.70. The van der Waals surface area contributed by atoms with Gasteiger partial charge in [0.25, 0.3) is 0 Å². The zero-order valence-corrected chi connectivity index (χ0v) is 12.8. The average molecular weight is 291 g/mol. The summed E-state index contributed by atoms with van der Waals surface area (Å²) >= 11 is 1.50. The van der Waals surface area contributed by atoms with Gasteiger partial charge in [0.15, 0.2) is 0 Å². The highest BCUT2D eigenvalue weighted by molar-refractivity contribution is 7.89. The Hall–Kier alpha value is -0.500. The number of hydrogen-bond acceptors (Lipinski definition) is 5. The van der Waals surface area contributed by atoms with Gasteiger partial charge in [-0.1, -0.05) is 13.8 Å². The van der Waals surface area contributed by atoms with E-state index in [9.17, 15) is 8.42 Å². The standard InChI is InChI=1S/C11H21N3O2S2/c1-4-14(5-2)8-10-9-17-11(13-10)7-12-18(15,16)6-3/h9,12H,4-8H2,1-3H3. The van der Waals surface area contributed by atoms with Gasteiger partial charge in [0.1, 0.15) is 5.01 Å². The largest absolute Gasteiger partial charge is 0.298 e. The third-order valence-corrected chi connectivity index (χ3v) is 4.94. The quantitative estimate of drug-likeness (QED) is 0.787. The molecule has 1 aromatic heterocycles. The van der Waals surface area contributed by atoms with Crippen molar-refractivity contribution >= 4 is 21.4 Å². The Kier molecular flexibility index (Phi) is 6.20.